The van der Waals surface area contributed by atoms with Gasteiger partial charge in [0, 0.05) is 12.1 Å². The van der Waals surface area contributed by atoms with Gasteiger partial charge in [-0.25, -0.2) is 0 Å². The lowest BCUT2D eigenvalue weighted by Gasteiger charge is -2.26. The molecule has 0 aromatic heterocycles. The minimum Gasteiger partial charge on any atom is -0.329 e. The van der Waals surface area contributed by atoms with Gasteiger partial charge in [0.25, 0.3) is 0 Å². The van der Waals surface area contributed by atoms with Crippen LogP contribution in [0, 0.1) is 0 Å². The highest BCUT2D eigenvalue weighted by Crippen LogP contribution is 2.39. The number of rotatable bonds is 5. The zero-order valence-electron chi connectivity index (χ0n) is 7.77. The van der Waals surface area contributed by atoms with E-state index >= 15 is 0 Å². The van der Waals surface area contributed by atoms with E-state index in [9.17, 15) is 0 Å². The van der Waals surface area contributed by atoms with Crippen LogP contribution in [0.25, 0.3) is 0 Å². The van der Waals surface area contributed by atoms with Crippen molar-refractivity contribution in [3.63, 3.8) is 0 Å². The van der Waals surface area contributed by atoms with Gasteiger partial charge in [0.2, 0.25) is 0 Å². The first-order valence-electron chi connectivity index (χ1n) is 4.66. The molecule has 0 spiro atoms. The maximum absolute atomic E-state index is 5.70. The predicted molar refractivity (Wildman–Crippen MR) is 48.6 cm³/mol. The van der Waals surface area contributed by atoms with Crippen molar-refractivity contribution in [1.82, 2.24) is 4.90 Å². The van der Waals surface area contributed by atoms with Crippen molar-refractivity contribution in [3.05, 3.63) is 0 Å². The molecular weight excluding hydrogens is 136 g/mol. The Kier molecular flexibility index (Phi) is 2.90. The molecule has 1 fully saturated rings. The highest BCUT2D eigenvalue weighted by molar-refractivity contribution is 5.03. The van der Waals surface area contributed by atoms with Crippen LogP contribution in [-0.4, -0.2) is 30.6 Å². The number of likely N-dealkylation sites (N-methyl/N-ethyl adjacent to an activating group) is 1. The van der Waals surface area contributed by atoms with Gasteiger partial charge in [0.05, 0.1) is 0 Å². The summed E-state index contributed by atoms with van der Waals surface area (Å²) in [5, 5.41) is 0. The van der Waals surface area contributed by atoms with E-state index in [2.05, 4.69) is 18.9 Å². The third kappa shape index (κ3) is 1.94. The maximum atomic E-state index is 5.70. The lowest BCUT2D eigenvalue weighted by molar-refractivity contribution is 0.224. The minimum absolute atomic E-state index is 0.412. The summed E-state index contributed by atoms with van der Waals surface area (Å²) in [5.41, 5.74) is 6.11. The van der Waals surface area contributed by atoms with Gasteiger partial charge in [-0.2, -0.15) is 0 Å². The van der Waals surface area contributed by atoms with Gasteiger partial charge < -0.3 is 5.73 Å². The Labute approximate surface area is 69.8 Å². The Morgan fingerprint density at radius 2 is 2.09 bits per heavy atom. The van der Waals surface area contributed by atoms with Gasteiger partial charge in [-0.1, -0.05) is 13.3 Å². The smallest absolute Gasteiger partial charge is 0.0330 e. The second kappa shape index (κ2) is 3.55. The Hall–Kier alpha value is -0.0800. The van der Waals surface area contributed by atoms with Crippen molar-refractivity contribution >= 4 is 0 Å². The molecule has 0 heterocycles. The first-order valence-corrected chi connectivity index (χ1v) is 4.66. The van der Waals surface area contributed by atoms with E-state index in [1.165, 1.54) is 32.2 Å². The predicted octanol–water partition coefficient (Wildman–Crippen LogP) is 1.21. The number of unbranched alkanes of at least 4 members (excludes halogenated alkanes) is 1. The number of nitrogens with two attached hydrogens (primary N) is 1. The third-order valence-corrected chi connectivity index (χ3v) is 2.86. The molecule has 0 aromatic rings. The van der Waals surface area contributed by atoms with E-state index in [4.69, 9.17) is 5.73 Å². The van der Waals surface area contributed by atoms with E-state index < -0.39 is 0 Å². The first-order chi connectivity index (χ1) is 5.25. The van der Waals surface area contributed by atoms with Gasteiger partial charge in [-0.15, -0.1) is 0 Å². The summed E-state index contributed by atoms with van der Waals surface area (Å²) in [6, 6.07) is 0. The molecule has 2 nitrogen and oxygen atoms in total. The zero-order valence-corrected chi connectivity index (χ0v) is 7.77. The summed E-state index contributed by atoms with van der Waals surface area (Å²) < 4.78 is 0. The molecule has 1 aliphatic rings. The van der Waals surface area contributed by atoms with Crippen LogP contribution < -0.4 is 5.73 Å². The lowest BCUT2D eigenvalue weighted by atomic mass is 10.2. The molecule has 1 rings (SSSR count). The quantitative estimate of drug-likeness (QED) is 0.648. The van der Waals surface area contributed by atoms with Crippen LogP contribution in [0.5, 0.6) is 0 Å². The van der Waals surface area contributed by atoms with E-state index in [1.54, 1.807) is 0 Å². The van der Waals surface area contributed by atoms with Gasteiger partial charge in [-0.05, 0) is 32.9 Å². The number of hydrogen-bond acceptors (Lipinski definition) is 2. The Bertz CT molecular complexity index is 119. The topological polar surface area (TPSA) is 29.3 Å². The molecule has 0 amide bonds. The summed E-state index contributed by atoms with van der Waals surface area (Å²) >= 11 is 0. The standard InChI is InChI=1S/C9H20N2/c1-3-4-7-11(2)9(8-10)5-6-9/h3-8,10H2,1-2H3. The maximum Gasteiger partial charge on any atom is 0.0330 e. The van der Waals surface area contributed by atoms with Crippen LogP contribution in [0.15, 0.2) is 0 Å². The normalized spacial score (nSPS) is 20.7. The van der Waals surface area contributed by atoms with Gasteiger partial charge >= 0.3 is 0 Å². The van der Waals surface area contributed by atoms with Gasteiger partial charge in [0.15, 0.2) is 0 Å². The first kappa shape index (κ1) is 9.01. The summed E-state index contributed by atoms with van der Waals surface area (Å²) in [6.45, 7) is 4.29. The average Bonchev–Trinajstić information content (AvgIpc) is 2.80. The third-order valence-electron chi connectivity index (χ3n) is 2.86. The monoisotopic (exact) mass is 156 g/mol. The van der Waals surface area contributed by atoms with Crippen LogP contribution in [-0.2, 0) is 0 Å². The number of hydrogen-bond donors (Lipinski definition) is 1. The van der Waals surface area contributed by atoms with Gasteiger partial charge in [-0.3, -0.25) is 4.90 Å². The molecule has 2 N–H and O–H groups in total. The average molecular weight is 156 g/mol. The minimum atomic E-state index is 0.412. The van der Waals surface area contributed by atoms with E-state index in [0.29, 0.717) is 5.54 Å². The Morgan fingerprint density at radius 3 is 2.45 bits per heavy atom. The molecule has 0 radical (unpaired) electrons. The molecule has 0 saturated heterocycles. The van der Waals surface area contributed by atoms with Crippen molar-refractivity contribution in [2.24, 2.45) is 5.73 Å². The molecule has 11 heavy (non-hydrogen) atoms. The van der Waals surface area contributed by atoms with Crippen LogP contribution in [0.3, 0.4) is 0 Å². The van der Waals surface area contributed by atoms with Crippen LogP contribution in [0.2, 0.25) is 0 Å². The summed E-state index contributed by atoms with van der Waals surface area (Å²) in [4.78, 5) is 2.44. The second-order valence-corrected chi connectivity index (χ2v) is 3.70. The van der Waals surface area contributed by atoms with Crippen LogP contribution >= 0.6 is 0 Å². The fraction of sp³-hybridized carbons (Fsp3) is 1.00. The molecule has 0 unspecified atom stereocenters. The van der Waals surface area contributed by atoms with E-state index in [1.807, 2.05) is 0 Å². The molecular formula is C9H20N2. The van der Waals surface area contributed by atoms with E-state index in [-0.39, 0.29) is 0 Å². The van der Waals surface area contributed by atoms with E-state index in [0.717, 1.165) is 6.54 Å². The largest absolute Gasteiger partial charge is 0.329 e. The van der Waals surface area contributed by atoms with Crippen molar-refractivity contribution in [3.8, 4) is 0 Å². The Balaban J connectivity index is 2.23. The molecule has 1 aliphatic carbocycles. The fourth-order valence-corrected chi connectivity index (χ4v) is 1.52. The van der Waals surface area contributed by atoms with Crippen molar-refractivity contribution in [2.75, 3.05) is 20.1 Å². The summed E-state index contributed by atoms with van der Waals surface area (Å²) in [7, 11) is 2.20. The molecule has 2 heteroatoms. The summed E-state index contributed by atoms with van der Waals surface area (Å²) in [6.07, 6.45) is 5.21. The lowest BCUT2D eigenvalue weighted by Crippen LogP contribution is -2.40. The Morgan fingerprint density at radius 1 is 1.45 bits per heavy atom. The number of nitrogens with zero attached hydrogens (tertiary/aromatic N) is 1. The summed E-state index contributed by atoms with van der Waals surface area (Å²) in [5.74, 6) is 0. The second-order valence-electron chi connectivity index (χ2n) is 3.70. The van der Waals surface area contributed by atoms with Crippen molar-refractivity contribution in [2.45, 2.75) is 38.1 Å². The molecule has 1 saturated carbocycles. The van der Waals surface area contributed by atoms with Crippen molar-refractivity contribution < 1.29 is 0 Å². The SMILES string of the molecule is CCCCN(C)C1(CN)CC1. The molecule has 0 aliphatic heterocycles. The highest BCUT2D eigenvalue weighted by Gasteiger charge is 2.44. The fourth-order valence-electron chi connectivity index (χ4n) is 1.52. The van der Waals surface area contributed by atoms with Crippen LogP contribution in [0.1, 0.15) is 32.6 Å². The molecule has 0 bridgehead atoms. The zero-order chi connectivity index (χ0) is 8.32. The van der Waals surface area contributed by atoms with Gasteiger partial charge in [0.1, 0.15) is 0 Å². The molecule has 0 aromatic carbocycles. The highest BCUT2D eigenvalue weighted by atomic mass is 15.2. The molecule has 66 valence electrons. The van der Waals surface area contributed by atoms with Crippen molar-refractivity contribution in [1.29, 1.82) is 0 Å². The van der Waals surface area contributed by atoms with Crippen LogP contribution in [0.4, 0.5) is 0 Å². The molecule has 0 atom stereocenters.